The fraction of sp³-hybridized carbons (Fsp3) is 0.250. The number of hydrogen-bond acceptors (Lipinski definition) is 2. The monoisotopic (exact) mass is 279 g/mol. The second kappa shape index (κ2) is 4.70. The summed E-state index contributed by atoms with van der Waals surface area (Å²) in [6.07, 6.45) is 3.77. The first kappa shape index (κ1) is 11.2. The molecule has 84 valence electrons. The number of nitrogens with one attached hydrogen (secondary N) is 1. The summed E-state index contributed by atoms with van der Waals surface area (Å²) in [5.41, 5.74) is 2.28. The third-order valence-electron chi connectivity index (χ3n) is 2.49. The average Bonchev–Trinajstić information content (AvgIpc) is 2.69. The van der Waals surface area contributed by atoms with Crippen LogP contribution in [-0.2, 0) is 6.54 Å². The zero-order valence-corrected chi connectivity index (χ0v) is 11.0. The van der Waals surface area contributed by atoms with Crippen LogP contribution in [-0.4, -0.2) is 9.55 Å². The molecule has 0 aliphatic heterocycles. The zero-order chi connectivity index (χ0) is 11.5. The lowest BCUT2D eigenvalue weighted by Gasteiger charge is -2.10. The van der Waals surface area contributed by atoms with E-state index in [1.165, 1.54) is 5.56 Å². The molecule has 0 aliphatic carbocycles. The summed E-state index contributed by atoms with van der Waals surface area (Å²) in [5, 5.41) is 3.33. The van der Waals surface area contributed by atoms with Gasteiger partial charge in [0.05, 0.1) is 0 Å². The maximum absolute atomic E-state index is 4.29. The highest BCUT2D eigenvalue weighted by atomic mass is 79.9. The summed E-state index contributed by atoms with van der Waals surface area (Å²) in [4.78, 5) is 4.29. The molecule has 4 heteroatoms. The molecule has 1 aromatic carbocycles. The van der Waals surface area contributed by atoms with Gasteiger partial charge in [0.25, 0.3) is 0 Å². The van der Waals surface area contributed by atoms with Crippen molar-refractivity contribution in [1.82, 2.24) is 9.55 Å². The van der Waals surface area contributed by atoms with Crippen LogP contribution < -0.4 is 5.32 Å². The van der Waals surface area contributed by atoms with Gasteiger partial charge in [-0.3, -0.25) is 0 Å². The number of anilines is 2. The van der Waals surface area contributed by atoms with Gasteiger partial charge in [-0.1, -0.05) is 15.9 Å². The molecule has 1 heterocycles. The predicted molar refractivity (Wildman–Crippen MR) is 70.1 cm³/mol. The van der Waals surface area contributed by atoms with E-state index in [0.29, 0.717) is 0 Å². The average molecular weight is 280 g/mol. The highest BCUT2D eigenvalue weighted by molar-refractivity contribution is 9.10. The van der Waals surface area contributed by atoms with Crippen molar-refractivity contribution < 1.29 is 0 Å². The van der Waals surface area contributed by atoms with Crippen LogP contribution in [0.5, 0.6) is 0 Å². The molecular formula is C12H14BrN3. The standard InChI is InChI=1S/C12H14BrN3/c1-3-16-7-6-14-12(16)15-11-5-4-10(13)8-9(11)2/h4-8H,3H2,1-2H3,(H,14,15). The Morgan fingerprint density at radius 1 is 1.44 bits per heavy atom. The molecule has 0 saturated heterocycles. The summed E-state index contributed by atoms with van der Waals surface area (Å²) in [6.45, 7) is 5.09. The van der Waals surface area contributed by atoms with Gasteiger partial charge in [0.15, 0.2) is 0 Å². The second-order valence-electron chi connectivity index (χ2n) is 3.62. The van der Waals surface area contributed by atoms with E-state index < -0.39 is 0 Å². The summed E-state index contributed by atoms with van der Waals surface area (Å²) in [5.74, 6) is 0.882. The van der Waals surface area contributed by atoms with Crippen molar-refractivity contribution in [3.8, 4) is 0 Å². The molecule has 0 bridgehead atoms. The first-order valence-electron chi connectivity index (χ1n) is 5.25. The van der Waals surface area contributed by atoms with Gasteiger partial charge < -0.3 is 9.88 Å². The minimum Gasteiger partial charge on any atom is -0.325 e. The lowest BCUT2D eigenvalue weighted by molar-refractivity contribution is 0.771. The topological polar surface area (TPSA) is 29.9 Å². The van der Waals surface area contributed by atoms with E-state index in [4.69, 9.17) is 0 Å². The Balaban J connectivity index is 2.27. The fourth-order valence-electron chi connectivity index (χ4n) is 1.58. The van der Waals surface area contributed by atoms with Gasteiger partial charge >= 0.3 is 0 Å². The van der Waals surface area contributed by atoms with Crippen molar-refractivity contribution in [1.29, 1.82) is 0 Å². The minimum atomic E-state index is 0.882. The van der Waals surface area contributed by atoms with Gasteiger partial charge in [0, 0.05) is 29.1 Å². The predicted octanol–water partition coefficient (Wildman–Crippen LogP) is 3.72. The lowest BCUT2D eigenvalue weighted by Crippen LogP contribution is -2.02. The molecular weight excluding hydrogens is 266 g/mol. The molecule has 3 nitrogen and oxygen atoms in total. The van der Waals surface area contributed by atoms with E-state index >= 15 is 0 Å². The largest absolute Gasteiger partial charge is 0.325 e. The van der Waals surface area contributed by atoms with Crippen molar-refractivity contribution in [3.63, 3.8) is 0 Å². The number of halogens is 1. The molecule has 0 aliphatic rings. The Labute approximate surface area is 104 Å². The number of benzene rings is 1. The van der Waals surface area contributed by atoms with Crippen molar-refractivity contribution in [2.24, 2.45) is 0 Å². The van der Waals surface area contributed by atoms with Crippen LogP contribution in [0, 0.1) is 6.92 Å². The summed E-state index contributed by atoms with van der Waals surface area (Å²) in [6, 6.07) is 6.16. The van der Waals surface area contributed by atoms with E-state index in [1.807, 2.05) is 18.3 Å². The molecule has 16 heavy (non-hydrogen) atoms. The van der Waals surface area contributed by atoms with E-state index in [1.54, 1.807) is 6.20 Å². The van der Waals surface area contributed by atoms with Gasteiger partial charge in [-0.25, -0.2) is 4.98 Å². The number of hydrogen-bond donors (Lipinski definition) is 1. The zero-order valence-electron chi connectivity index (χ0n) is 9.37. The van der Waals surface area contributed by atoms with Crippen LogP contribution in [0.2, 0.25) is 0 Å². The third-order valence-corrected chi connectivity index (χ3v) is 2.98. The molecule has 0 radical (unpaired) electrons. The number of rotatable bonds is 3. The highest BCUT2D eigenvalue weighted by Gasteiger charge is 2.03. The number of nitrogens with zero attached hydrogens (tertiary/aromatic N) is 2. The van der Waals surface area contributed by atoms with Crippen molar-refractivity contribution >= 4 is 27.6 Å². The van der Waals surface area contributed by atoms with Crippen LogP contribution in [0.1, 0.15) is 12.5 Å². The summed E-state index contributed by atoms with van der Waals surface area (Å²) < 4.78 is 3.16. The minimum absolute atomic E-state index is 0.882. The van der Waals surface area contributed by atoms with Crippen LogP contribution >= 0.6 is 15.9 Å². The second-order valence-corrected chi connectivity index (χ2v) is 4.54. The van der Waals surface area contributed by atoms with Crippen molar-refractivity contribution in [2.45, 2.75) is 20.4 Å². The Hall–Kier alpha value is -1.29. The van der Waals surface area contributed by atoms with Crippen LogP contribution in [0.3, 0.4) is 0 Å². The SMILES string of the molecule is CCn1ccnc1Nc1ccc(Br)cc1C. The number of aryl methyl sites for hydroxylation is 2. The molecule has 0 spiro atoms. The first-order chi connectivity index (χ1) is 7.70. The smallest absolute Gasteiger partial charge is 0.207 e. The fourth-order valence-corrected chi connectivity index (χ4v) is 2.05. The summed E-state index contributed by atoms with van der Waals surface area (Å²) in [7, 11) is 0. The molecule has 0 fully saturated rings. The maximum Gasteiger partial charge on any atom is 0.207 e. The maximum atomic E-state index is 4.29. The van der Waals surface area contributed by atoms with Gasteiger partial charge in [-0.15, -0.1) is 0 Å². The van der Waals surface area contributed by atoms with Gasteiger partial charge in [0.2, 0.25) is 5.95 Å². The van der Waals surface area contributed by atoms with Gasteiger partial charge in [-0.2, -0.15) is 0 Å². The Bertz CT molecular complexity index is 491. The van der Waals surface area contributed by atoms with Crippen LogP contribution in [0.15, 0.2) is 35.1 Å². The van der Waals surface area contributed by atoms with E-state index in [0.717, 1.165) is 22.7 Å². The summed E-state index contributed by atoms with van der Waals surface area (Å²) >= 11 is 3.45. The van der Waals surface area contributed by atoms with Crippen molar-refractivity contribution in [3.05, 3.63) is 40.6 Å². The molecule has 1 N–H and O–H groups in total. The molecule has 0 atom stereocenters. The lowest BCUT2D eigenvalue weighted by atomic mass is 10.2. The van der Waals surface area contributed by atoms with Crippen LogP contribution in [0.4, 0.5) is 11.6 Å². The molecule has 0 amide bonds. The molecule has 0 saturated carbocycles. The van der Waals surface area contributed by atoms with E-state index in [-0.39, 0.29) is 0 Å². The van der Waals surface area contributed by atoms with Crippen LogP contribution in [0.25, 0.3) is 0 Å². The first-order valence-corrected chi connectivity index (χ1v) is 6.04. The Kier molecular flexibility index (Phi) is 3.29. The Morgan fingerprint density at radius 2 is 2.25 bits per heavy atom. The molecule has 0 unspecified atom stereocenters. The normalized spacial score (nSPS) is 10.4. The Morgan fingerprint density at radius 3 is 2.94 bits per heavy atom. The van der Waals surface area contributed by atoms with Gasteiger partial charge in [0.1, 0.15) is 0 Å². The molecule has 2 aromatic rings. The van der Waals surface area contributed by atoms with Gasteiger partial charge in [-0.05, 0) is 37.6 Å². The number of imidazole rings is 1. The molecule has 1 aromatic heterocycles. The van der Waals surface area contributed by atoms with E-state index in [2.05, 4.69) is 50.7 Å². The van der Waals surface area contributed by atoms with Crippen molar-refractivity contribution in [2.75, 3.05) is 5.32 Å². The quantitative estimate of drug-likeness (QED) is 0.928. The number of aromatic nitrogens is 2. The third kappa shape index (κ3) is 2.27. The highest BCUT2D eigenvalue weighted by Crippen LogP contribution is 2.22. The molecule has 2 rings (SSSR count). The van der Waals surface area contributed by atoms with E-state index in [9.17, 15) is 0 Å².